The SMILES string of the molecule is COc1cc(C)c(C)cc1SC(C)(C)C#N. The fraction of sp³-hybridized carbons (Fsp3) is 0.462. The van der Waals surface area contributed by atoms with Crippen LogP contribution < -0.4 is 4.74 Å². The lowest BCUT2D eigenvalue weighted by Gasteiger charge is -2.18. The lowest BCUT2D eigenvalue weighted by atomic mass is 10.1. The Balaban J connectivity index is 3.14. The van der Waals surface area contributed by atoms with E-state index in [1.165, 1.54) is 22.9 Å². The zero-order valence-corrected chi connectivity index (χ0v) is 11.2. The van der Waals surface area contributed by atoms with Gasteiger partial charge in [0.25, 0.3) is 0 Å². The molecule has 1 rings (SSSR count). The molecule has 0 aliphatic rings. The second-order valence-electron chi connectivity index (χ2n) is 4.31. The molecule has 0 bridgehead atoms. The van der Waals surface area contributed by atoms with Crippen molar-refractivity contribution in [3.05, 3.63) is 23.3 Å². The Morgan fingerprint density at radius 1 is 1.25 bits per heavy atom. The molecule has 0 saturated carbocycles. The molecule has 0 aromatic heterocycles. The van der Waals surface area contributed by atoms with Gasteiger partial charge in [0.15, 0.2) is 0 Å². The lowest BCUT2D eigenvalue weighted by Crippen LogP contribution is -2.10. The first-order valence-corrected chi connectivity index (χ1v) is 5.97. The third-order valence-corrected chi connectivity index (χ3v) is 3.55. The zero-order chi connectivity index (χ0) is 12.3. The van der Waals surface area contributed by atoms with Crippen LogP contribution in [-0.2, 0) is 0 Å². The molecule has 0 amide bonds. The monoisotopic (exact) mass is 235 g/mol. The predicted molar refractivity (Wildman–Crippen MR) is 68.0 cm³/mol. The van der Waals surface area contributed by atoms with Crippen molar-refractivity contribution in [1.29, 1.82) is 5.26 Å². The van der Waals surface area contributed by atoms with E-state index in [0.29, 0.717) is 0 Å². The third-order valence-electron chi connectivity index (χ3n) is 2.41. The Hall–Kier alpha value is -1.14. The van der Waals surface area contributed by atoms with Crippen LogP contribution in [0, 0.1) is 25.2 Å². The van der Waals surface area contributed by atoms with Crippen LogP contribution in [0.4, 0.5) is 0 Å². The Morgan fingerprint density at radius 2 is 1.81 bits per heavy atom. The lowest BCUT2D eigenvalue weighted by molar-refractivity contribution is 0.404. The highest BCUT2D eigenvalue weighted by atomic mass is 32.2. The number of rotatable bonds is 3. The van der Waals surface area contributed by atoms with Gasteiger partial charge in [0.1, 0.15) is 10.5 Å². The minimum absolute atomic E-state index is 0.436. The highest BCUT2D eigenvalue weighted by Gasteiger charge is 2.21. The Morgan fingerprint density at radius 3 is 2.31 bits per heavy atom. The maximum absolute atomic E-state index is 9.03. The summed E-state index contributed by atoms with van der Waals surface area (Å²) in [7, 11) is 1.66. The number of nitriles is 1. The molecular formula is C13H17NOS. The molecule has 16 heavy (non-hydrogen) atoms. The molecule has 1 aromatic rings. The fourth-order valence-electron chi connectivity index (χ4n) is 1.30. The molecule has 0 atom stereocenters. The van der Waals surface area contributed by atoms with Crippen molar-refractivity contribution < 1.29 is 4.74 Å². The minimum Gasteiger partial charge on any atom is -0.496 e. The highest BCUT2D eigenvalue weighted by Crippen LogP contribution is 2.39. The van der Waals surface area contributed by atoms with Gasteiger partial charge in [-0.2, -0.15) is 5.26 Å². The van der Waals surface area contributed by atoms with Crippen molar-refractivity contribution in [2.75, 3.05) is 7.11 Å². The smallest absolute Gasteiger partial charge is 0.132 e. The van der Waals surface area contributed by atoms with Gasteiger partial charge in [0, 0.05) is 0 Å². The molecule has 86 valence electrons. The molecule has 0 N–H and O–H groups in total. The molecule has 0 aliphatic heterocycles. The van der Waals surface area contributed by atoms with Gasteiger partial charge in [-0.05, 0) is 51.0 Å². The number of hydrogen-bond acceptors (Lipinski definition) is 3. The molecule has 0 saturated heterocycles. The summed E-state index contributed by atoms with van der Waals surface area (Å²) in [5, 5.41) is 9.03. The van der Waals surface area contributed by atoms with Gasteiger partial charge in [-0.15, -0.1) is 11.8 Å². The zero-order valence-electron chi connectivity index (χ0n) is 10.4. The van der Waals surface area contributed by atoms with E-state index >= 15 is 0 Å². The van der Waals surface area contributed by atoms with Crippen molar-refractivity contribution in [3.8, 4) is 11.8 Å². The molecule has 0 fully saturated rings. The molecule has 2 nitrogen and oxygen atoms in total. The van der Waals surface area contributed by atoms with E-state index in [-0.39, 0.29) is 0 Å². The second-order valence-corrected chi connectivity index (χ2v) is 5.98. The number of thioether (sulfide) groups is 1. The van der Waals surface area contributed by atoms with Crippen molar-refractivity contribution in [2.45, 2.75) is 37.3 Å². The largest absolute Gasteiger partial charge is 0.496 e. The molecule has 0 unspecified atom stereocenters. The van der Waals surface area contributed by atoms with Gasteiger partial charge in [0.05, 0.1) is 18.1 Å². The minimum atomic E-state index is -0.436. The van der Waals surface area contributed by atoms with Crippen LogP contribution in [-0.4, -0.2) is 11.9 Å². The van der Waals surface area contributed by atoms with Gasteiger partial charge >= 0.3 is 0 Å². The van der Waals surface area contributed by atoms with Gasteiger partial charge in [-0.3, -0.25) is 0 Å². The highest BCUT2D eigenvalue weighted by molar-refractivity contribution is 8.01. The van der Waals surface area contributed by atoms with E-state index in [0.717, 1.165) is 10.6 Å². The maximum Gasteiger partial charge on any atom is 0.132 e. The summed E-state index contributed by atoms with van der Waals surface area (Å²) in [5.41, 5.74) is 2.42. The normalized spacial score (nSPS) is 11.0. The van der Waals surface area contributed by atoms with E-state index in [2.05, 4.69) is 26.0 Å². The predicted octanol–water partition coefficient (Wildman–Crippen LogP) is 3.71. The maximum atomic E-state index is 9.03. The first-order valence-electron chi connectivity index (χ1n) is 5.15. The third kappa shape index (κ3) is 2.93. The standard InChI is InChI=1S/C13H17NOS/c1-9-6-11(15-5)12(7-10(9)2)16-13(3,4)8-14/h6-7H,1-5H3. The van der Waals surface area contributed by atoms with Crippen LogP contribution in [0.1, 0.15) is 25.0 Å². The van der Waals surface area contributed by atoms with Crippen LogP contribution in [0.5, 0.6) is 5.75 Å². The Labute approximate surface area is 102 Å². The van der Waals surface area contributed by atoms with Crippen LogP contribution in [0.2, 0.25) is 0 Å². The van der Waals surface area contributed by atoms with Crippen LogP contribution >= 0.6 is 11.8 Å². The summed E-state index contributed by atoms with van der Waals surface area (Å²) in [6, 6.07) is 6.38. The number of benzene rings is 1. The quantitative estimate of drug-likeness (QED) is 0.749. The van der Waals surface area contributed by atoms with Crippen LogP contribution in [0.3, 0.4) is 0 Å². The fourth-order valence-corrected chi connectivity index (χ4v) is 2.37. The number of nitrogens with zero attached hydrogens (tertiary/aromatic N) is 1. The first-order chi connectivity index (χ1) is 7.39. The molecule has 0 radical (unpaired) electrons. The Kier molecular flexibility index (Phi) is 3.88. The summed E-state index contributed by atoms with van der Waals surface area (Å²) in [4.78, 5) is 1.03. The van der Waals surface area contributed by atoms with Crippen molar-refractivity contribution in [1.82, 2.24) is 0 Å². The number of aryl methyl sites for hydroxylation is 2. The number of hydrogen-bond donors (Lipinski definition) is 0. The molecule has 0 aliphatic carbocycles. The summed E-state index contributed by atoms with van der Waals surface area (Å²) in [6.07, 6.45) is 0. The Bertz CT molecular complexity index is 432. The van der Waals surface area contributed by atoms with E-state index in [9.17, 15) is 0 Å². The van der Waals surface area contributed by atoms with Crippen molar-refractivity contribution >= 4 is 11.8 Å². The van der Waals surface area contributed by atoms with E-state index < -0.39 is 4.75 Å². The van der Waals surface area contributed by atoms with Gasteiger partial charge < -0.3 is 4.74 Å². The van der Waals surface area contributed by atoms with Gasteiger partial charge in [-0.25, -0.2) is 0 Å². The second kappa shape index (κ2) is 4.80. The molecule has 3 heteroatoms. The summed E-state index contributed by atoms with van der Waals surface area (Å²) in [5.74, 6) is 0.844. The van der Waals surface area contributed by atoms with Crippen molar-refractivity contribution in [3.63, 3.8) is 0 Å². The van der Waals surface area contributed by atoms with Crippen LogP contribution in [0.25, 0.3) is 0 Å². The van der Waals surface area contributed by atoms with Crippen molar-refractivity contribution in [2.24, 2.45) is 0 Å². The molecule has 0 spiro atoms. The molecular weight excluding hydrogens is 218 g/mol. The topological polar surface area (TPSA) is 33.0 Å². The number of methoxy groups -OCH3 is 1. The number of ether oxygens (including phenoxy) is 1. The van der Waals surface area contributed by atoms with E-state index in [1.54, 1.807) is 7.11 Å². The van der Waals surface area contributed by atoms with Crippen LogP contribution in [0.15, 0.2) is 17.0 Å². The van der Waals surface area contributed by atoms with Gasteiger partial charge in [-0.1, -0.05) is 0 Å². The summed E-state index contributed by atoms with van der Waals surface area (Å²) >= 11 is 1.53. The van der Waals surface area contributed by atoms with E-state index in [4.69, 9.17) is 10.00 Å². The molecule has 1 aromatic carbocycles. The van der Waals surface area contributed by atoms with E-state index in [1.807, 2.05) is 19.9 Å². The summed E-state index contributed by atoms with van der Waals surface area (Å²) in [6.45, 7) is 7.94. The average Bonchev–Trinajstić information content (AvgIpc) is 2.22. The average molecular weight is 235 g/mol. The summed E-state index contributed by atoms with van der Waals surface area (Å²) < 4.78 is 4.91. The van der Waals surface area contributed by atoms with Gasteiger partial charge in [0.2, 0.25) is 0 Å². The first kappa shape index (κ1) is 12.9. The molecule has 0 heterocycles.